The quantitative estimate of drug-likeness (QED) is 0.614. The minimum absolute atomic E-state index is 0.241. The van der Waals surface area contributed by atoms with Crippen molar-refractivity contribution in [2.24, 2.45) is 0 Å². The van der Waals surface area contributed by atoms with Gasteiger partial charge in [0.15, 0.2) is 6.10 Å². The lowest BCUT2D eigenvalue weighted by molar-refractivity contribution is -0.146. The third-order valence-corrected chi connectivity index (χ3v) is 3.52. The van der Waals surface area contributed by atoms with E-state index in [4.69, 9.17) is 9.47 Å². The van der Waals surface area contributed by atoms with Gasteiger partial charge in [0.05, 0.1) is 12.3 Å². The van der Waals surface area contributed by atoms with Crippen LogP contribution in [0.5, 0.6) is 5.75 Å². The van der Waals surface area contributed by atoms with E-state index in [0.717, 1.165) is 0 Å². The van der Waals surface area contributed by atoms with Crippen LogP contribution in [0.15, 0.2) is 18.2 Å². The molecule has 118 valence electrons. The predicted molar refractivity (Wildman–Crippen MR) is 80.1 cm³/mol. The Morgan fingerprint density at radius 3 is 2.77 bits per heavy atom. The molecule has 2 unspecified atom stereocenters. The zero-order chi connectivity index (χ0) is 16.3. The molecule has 2 atom stereocenters. The Balaban J connectivity index is 2.50. The summed E-state index contributed by atoms with van der Waals surface area (Å²) in [6.45, 7) is 5.39. The van der Waals surface area contributed by atoms with E-state index < -0.39 is 18.1 Å². The molecule has 0 radical (unpaired) electrons. The first kappa shape index (κ1) is 16.0. The summed E-state index contributed by atoms with van der Waals surface area (Å²) in [7, 11) is 0. The topological polar surface area (TPSA) is 72.9 Å². The second-order valence-electron chi connectivity index (χ2n) is 4.99. The zero-order valence-electron chi connectivity index (χ0n) is 12.9. The Hall–Kier alpha value is -2.37. The van der Waals surface area contributed by atoms with E-state index >= 15 is 0 Å². The minimum Gasteiger partial charge on any atom is -0.479 e. The second-order valence-corrected chi connectivity index (χ2v) is 4.99. The molecule has 1 aromatic rings. The van der Waals surface area contributed by atoms with Crippen LogP contribution in [0, 0.1) is 0 Å². The third-order valence-electron chi connectivity index (χ3n) is 3.52. The number of fused-ring (bicyclic) bond motifs is 1. The first-order valence-corrected chi connectivity index (χ1v) is 7.29. The van der Waals surface area contributed by atoms with E-state index in [0.29, 0.717) is 29.7 Å². The van der Waals surface area contributed by atoms with E-state index in [1.54, 1.807) is 39.0 Å². The molecule has 0 aliphatic carbocycles. The van der Waals surface area contributed by atoms with E-state index in [1.165, 1.54) is 4.90 Å². The maximum absolute atomic E-state index is 12.5. The summed E-state index contributed by atoms with van der Waals surface area (Å²) in [6.07, 6.45) is 0.395. The Morgan fingerprint density at radius 2 is 2.18 bits per heavy atom. The molecule has 0 saturated heterocycles. The van der Waals surface area contributed by atoms with Crippen LogP contribution < -0.4 is 9.64 Å². The van der Waals surface area contributed by atoms with Gasteiger partial charge in [0.25, 0.3) is 5.91 Å². The highest BCUT2D eigenvalue weighted by Crippen LogP contribution is 2.36. The molecule has 1 aliphatic rings. The van der Waals surface area contributed by atoms with Gasteiger partial charge in [-0.1, -0.05) is 6.92 Å². The van der Waals surface area contributed by atoms with Crippen molar-refractivity contribution in [3.63, 3.8) is 0 Å². The van der Waals surface area contributed by atoms with E-state index in [9.17, 15) is 14.4 Å². The number of hydrogen-bond donors (Lipinski definition) is 0. The van der Waals surface area contributed by atoms with Gasteiger partial charge in [-0.2, -0.15) is 0 Å². The van der Waals surface area contributed by atoms with Crippen LogP contribution in [0.3, 0.4) is 0 Å². The van der Waals surface area contributed by atoms with Crippen LogP contribution in [0.1, 0.15) is 37.6 Å². The van der Waals surface area contributed by atoms with Crippen molar-refractivity contribution >= 4 is 23.9 Å². The van der Waals surface area contributed by atoms with Crippen molar-refractivity contribution in [1.82, 2.24) is 0 Å². The van der Waals surface area contributed by atoms with Crippen LogP contribution in [-0.2, 0) is 14.3 Å². The minimum atomic E-state index is -0.737. The van der Waals surface area contributed by atoms with E-state index in [-0.39, 0.29) is 12.5 Å². The van der Waals surface area contributed by atoms with Crippen LogP contribution >= 0.6 is 0 Å². The van der Waals surface area contributed by atoms with Gasteiger partial charge >= 0.3 is 5.97 Å². The van der Waals surface area contributed by atoms with Crippen molar-refractivity contribution < 1.29 is 23.9 Å². The summed E-state index contributed by atoms with van der Waals surface area (Å²) in [5.41, 5.74) is 0.834. The summed E-state index contributed by atoms with van der Waals surface area (Å²) in [4.78, 5) is 37.0. The van der Waals surface area contributed by atoms with Gasteiger partial charge in [-0.15, -0.1) is 0 Å². The number of ether oxygens (including phenoxy) is 2. The Labute approximate surface area is 129 Å². The fraction of sp³-hybridized carbons (Fsp3) is 0.438. The molecule has 6 nitrogen and oxygen atoms in total. The van der Waals surface area contributed by atoms with Gasteiger partial charge in [-0.05, 0) is 38.5 Å². The molecule has 22 heavy (non-hydrogen) atoms. The molecule has 2 rings (SSSR count). The Morgan fingerprint density at radius 1 is 1.45 bits per heavy atom. The molecule has 0 bridgehead atoms. The SMILES string of the molecule is CCOC(=O)C(CC)N1C(=O)C(C)Oc2ccc(C=O)cc21. The highest BCUT2D eigenvalue weighted by atomic mass is 16.5. The summed E-state index contributed by atoms with van der Waals surface area (Å²) in [5.74, 6) is -0.314. The Bertz CT molecular complexity index is 598. The van der Waals surface area contributed by atoms with Crippen molar-refractivity contribution in [2.75, 3.05) is 11.5 Å². The normalized spacial score (nSPS) is 18.2. The molecule has 1 amide bonds. The number of hydrogen-bond acceptors (Lipinski definition) is 5. The number of aldehydes is 1. The molecular formula is C16H19NO5. The number of benzene rings is 1. The fourth-order valence-electron chi connectivity index (χ4n) is 2.47. The van der Waals surface area contributed by atoms with Gasteiger partial charge in [0, 0.05) is 5.56 Å². The van der Waals surface area contributed by atoms with Crippen molar-refractivity contribution in [2.45, 2.75) is 39.3 Å². The maximum atomic E-state index is 12.5. The highest BCUT2D eigenvalue weighted by Gasteiger charge is 2.39. The molecule has 6 heteroatoms. The molecule has 0 aromatic heterocycles. The van der Waals surface area contributed by atoms with E-state index in [1.807, 2.05) is 0 Å². The van der Waals surface area contributed by atoms with Gasteiger partial charge in [0.2, 0.25) is 0 Å². The summed E-state index contributed by atoms with van der Waals surface area (Å²) >= 11 is 0. The van der Waals surface area contributed by atoms with E-state index in [2.05, 4.69) is 0 Å². The predicted octanol–water partition coefficient (Wildman–Crippen LogP) is 1.95. The number of amides is 1. The van der Waals surface area contributed by atoms with Crippen molar-refractivity contribution in [3.05, 3.63) is 23.8 Å². The smallest absolute Gasteiger partial charge is 0.329 e. The monoisotopic (exact) mass is 305 g/mol. The van der Waals surface area contributed by atoms with Crippen LogP contribution in [0.4, 0.5) is 5.69 Å². The maximum Gasteiger partial charge on any atom is 0.329 e. The van der Waals surface area contributed by atoms with Crippen LogP contribution in [0.25, 0.3) is 0 Å². The average molecular weight is 305 g/mol. The zero-order valence-corrected chi connectivity index (χ0v) is 12.9. The largest absolute Gasteiger partial charge is 0.479 e. The van der Waals surface area contributed by atoms with Crippen molar-refractivity contribution in [3.8, 4) is 5.75 Å². The molecule has 1 aromatic carbocycles. The van der Waals surface area contributed by atoms with Crippen LogP contribution in [0.2, 0.25) is 0 Å². The fourth-order valence-corrected chi connectivity index (χ4v) is 2.47. The average Bonchev–Trinajstić information content (AvgIpc) is 2.51. The lowest BCUT2D eigenvalue weighted by Gasteiger charge is -2.36. The number of esters is 1. The molecular weight excluding hydrogens is 286 g/mol. The number of carbonyl (C=O) groups is 3. The van der Waals surface area contributed by atoms with Crippen LogP contribution in [-0.4, -0.2) is 36.9 Å². The number of carbonyl (C=O) groups excluding carboxylic acids is 3. The Kier molecular flexibility index (Phi) is 4.80. The van der Waals surface area contributed by atoms with Gasteiger partial charge in [-0.25, -0.2) is 4.79 Å². The van der Waals surface area contributed by atoms with Crippen molar-refractivity contribution in [1.29, 1.82) is 0 Å². The number of anilines is 1. The molecule has 1 aliphatic heterocycles. The third kappa shape index (κ3) is 2.81. The van der Waals surface area contributed by atoms with Gasteiger partial charge in [-0.3, -0.25) is 14.5 Å². The second kappa shape index (κ2) is 6.60. The molecule has 0 spiro atoms. The first-order valence-electron chi connectivity index (χ1n) is 7.29. The summed E-state index contributed by atoms with van der Waals surface area (Å²) < 4.78 is 10.6. The lowest BCUT2D eigenvalue weighted by Crippen LogP contribution is -2.53. The summed E-state index contributed by atoms with van der Waals surface area (Å²) in [6, 6.07) is 4.05. The number of rotatable bonds is 5. The molecule has 0 saturated carbocycles. The number of nitrogens with zero attached hydrogens (tertiary/aromatic N) is 1. The highest BCUT2D eigenvalue weighted by molar-refractivity contribution is 6.05. The lowest BCUT2D eigenvalue weighted by atomic mass is 10.1. The molecule has 0 N–H and O–H groups in total. The van der Waals surface area contributed by atoms with Gasteiger partial charge in [0.1, 0.15) is 18.1 Å². The summed E-state index contributed by atoms with van der Waals surface area (Å²) in [5, 5.41) is 0. The molecule has 0 fully saturated rings. The molecule has 1 heterocycles. The first-order chi connectivity index (χ1) is 10.5. The standard InChI is InChI=1S/C16H19NO5/c1-4-12(16(20)21-5-2)17-13-8-11(9-18)6-7-14(13)22-10(3)15(17)19/h6-10,12H,4-5H2,1-3H3. The van der Waals surface area contributed by atoms with Gasteiger partial charge < -0.3 is 9.47 Å².